The maximum Gasteiger partial charge on any atom is 0.240 e. The van der Waals surface area contributed by atoms with Crippen LogP contribution in [0.25, 0.3) is 0 Å². The number of hydrogen-bond donors (Lipinski definition) is 1. The number of nitrogens with zero attached hydrogens (tertiary/aromatic N) is 4. The molecule has 7 heteroatoms. The number of carbonyl (C=O) groups excluding carboxylic acids is 1. The predicted molar refractivity (Wildman–Crippen MR) is 86.9 cm³/mol. The van der Waals surface area contributed by atoms with Crippen molar-refractivity contribution in [1.82, 2.24) is 19.7 Å². The van der Waals surface area contributed by atoms with E-state index in [0.29, 0.717) is 17.6 Å². The van der Waals surface area contributed by atoms with Gasteiger partial charge in [-0.05, 0) is 44.8 Å². The molecule has 6 nitrogen and oxygen atoms in total. The van der Waals surface area contributed by atoms with Crippen molar-refractivity contribution in [2.45, 2.75) is 26.3 Å². The van der Waals surface area contributed by atoms with E-state index in [1.54, 1.807) is 0 Å². The Morgan fingerprint density at radius 1 is 1.45 bits per heavy atom. The van der Waals surface area contributed by atoms with Crippen LogP contribution in [-0.2, 0) is 11.3 Å². The van der Waals surface area contributed by atoms with Gasteiger partial charge >= 0.3 is 0 Å². The van der Waals surface area contributed by atoms with Crippen LogP contribution < -0.4 is 5.32 Å². The third-order valence-corrected chi connectivity index (χ3v) is 4.82. The van der Waals surface area contributed by atoms with Crippen molar-refractivity contribution in [2.75, 3.05) is 25.0 Å². The van der Waals surface area contributed by atoms with Crippen LogP contribution in [0.1, 0.15) is 18.5 Å². The van der Waals surface area contributed by atoms with Gasteiger partial charge in [-0.15, -0.1) is 11.3 Å². The van der Waals surface area contributed by atoms with E-state index < -0.39 is 0 Å². The molecule has 3 heterocycles. The van der Waals surface area contributed by atoms with Gasteiger partial charge in [0.05, 0.1) is 12.2 Å². The summed E-state index contributed by atoms with van der Waals surface area (Å²) in [4.78, 5) is 18.5. The summed E-state index contributed by atoms with van der Waals surface area (Å²) in [5.74, 6) is 0.681. The molecule has 0 aromatic carbocycles. The second-order valence-electron chi connectivity index (χ2n) is 5.79. The summed E-state index contributed by atoms with van der Waals surface area (Å²) < 4.78 is 2.00. The van der Waals surface area contributed by atoms with Gasteiger partial charge in [0.2, 0.25) is 5.91 Å². The summed E-state index contributed by atoms with van der Waals surface area (Å²) in [5, 5.41) is 9.76. The highest BCUT2D eigenvalue weighted by Crippen LogP contribution is 2.19. The average molecular weight is 319 g/mol. The van der Waals surface area contributed by atoms with Crippen LogP contribution in [0.15, 0.2) is 23.8 Å². The molecule has 0 atom stereocenters. The molecule has 0 bridgehead atoms. The van der Waals surface area contributed by atoms with Gasteiger partial charge in [-0.2, -0.15) is 5.10 Å². The van der Waals surface area contributed by atoms with Gasteiger partial charge in [-0.3, -0.25) is 14.4 Å². The van der Waals surface area contributed by atoms with Crippen LogP contribution >= 0.6 is 11.3 Å². The quantitative estimate of drug-likeness (QED) is 0.915. The highest BCUT2D eigenvalue weighted by molar-refractivity contribution is 7.13. The maximum absolute atomic E-state index is 12.0. The Labute approximate surface area is 134 Å². The van der Waals surface area contributed by atoms with E-state index in [4.69, 9.17) is 0 Å². The first kappa shape index (κ1) is 15.2. The maximum atomic E-state index is 12.0. The van der Waals surface area contributed by atoms with Crippen LogP contribution in [0, 0.1) is 12.8 Å². The van der Waals surface area contributed by atoms with Gasteiger partial charge in [0.15, 0.2) is 5.13 Å². The lowest BCUT2D eigenvalue weighted by Crippen LogP contribution is -2.40. The standard InChI is InChI=1S/C15H21N5OS/c1-12-11-22-15(17-12)18-14(21)10-19-7-3-13(4-8-19)9-20-6-2-5-16-20/h2,5-6,11,13H,3-4,7-10H2,1H3,(H,17,18,21). The summed E-state index contributed by atoms with van der Waals surface area (Å²) in [5.41, 5.74) is 0.944. The second kappa shape index (κ2) is 7.02. The van der Waals surface area contributed by atoms with Crippen molar-refractivity contribution in [3.63, 3.8) is 0 Å². The molecule has 1 amide bonds. The summed E-state index contributed by atoms with van der Waals surface area (Å²) in [6.07, 6.45) is 6.06. The van der Waals surface area contributed by atoms with Crippen molar-refractivity contribution in [2.24, 2.45) is 5.92 Å². The van der Waals surface area contributed by atoms with E-state index in [2.05, 4.69) is 20.3 Å². The van der Waals surface area contributed by atoms with Crippen molar-refractivity contribution < 1.29 is 4.79 Å². The largest absolute Gasteiger partial charge is 0.301 e. The second-order valence-corrected chi connectivity index (χ2v) is 6.65. The third-order valence-electron chi connectivity index (χ3n) is 3.94. The van der Waals surface area contributed by atoms with Crippen LogP contribution in [0.3, 0.4) is 0 Å². The van der Waals surface area contributed by atoms with E-state index in [1.165, 1.54) is 11.3 Å². The zero-order valence-corrected chi connectivity index (χ0v) is 13.6. The predicted octanol–water partition coefficient (Wildman–Crippen LogP) is 2.00. The number of carbonyl (C=O) groups is 1. The monoisotopic (exact) mass is 319 g/mol. The topological polar surface area (TPSA) is 63.1 Å². The lowest BCUT2D eigenvalue weighted by molar-refractivity contribution is -0.117. The van der Waals surface area contributed by atoms with E-state index in [-0.39, 0.29) is 5.91 Å². The number of likely N-dealkylation sites (tertiary alicyclic amines) is 1. The van der Waals surface area contributed by atoms with Crippen LogP contribution in [0.5, 0.6) is 0 Å². The average Bonchev–Trinajstić information content (AvgIpc) is 3.13. The normalized spacial score (nSPS) is 16.8. The molecule has 3 rings (SSSR count). The van der Waals surface area contributed by atoms with Gasteiger partial charge in [-0.1, -0.05) is 0 Å². The fourth-order valence-electron chi connectivity index (χ4n) is 2.77. The lowest BCUT2D eigenvalue weighted by Gasteiger charge is -2.31. The molecule has 2 aromatic rings. The number of rotatable bonds is 5. The molecule has 0 saturated carbocycles. The summed E-state index contributed by atoms with van der Waals surface area (Å²) in [7, 11) is 0. The van der Waals surface area contributed by atoms with Crippen molar-refractivity contribution >= 4 is 22.4 Å². The fraction of sp³-hybridized carbons (Fsp3) is 0.533. The first-order valence-electron chi connectivity index (χ1n) is 7.61. The van der Waals surface area contributed by atoms with Crippen molar-refractivity contribution in [3.05, 3.63) is 29.5 Å². The van der Waals surface area contributed by atoms with Gasteiger partial charge in [0.25, 0.3) is 0 Å². The molecule has 1 aliphatic rings. The summed E-state index contributed by atoms with van der Waals surface area (Å²) in [6.45, 7) is 5.29. The Morgan fingerprint density at radius 2 is 2.27 bits per heavy atom. The van der Waals surface area contributed by atoms with E-state index >= 15 is 0 Å². The van der Waals surface area contributed by atoms with Gasteiger partial charge in [0.1, 0.15) is 0 Å². The molecular formula is C15H21N5OS. The molecular weight excluding hydrogens is 298 g/mol. The zero-order valence-electron chi connectivity index (χ0n) is 12.7. The Kier molecular flexibility index (Phi) is 4.84. The molecule has 2 aromatic heterocycles. The molecule has 1 aliphatic heterocycles. The Balaban J connectivity index is 1.40. The molecule has 1 saturated heterocycles. The molecule has 22 heavy (non-hydrogen) atoms. The smallest absolute Gasteiger partial charge is 0.240 e. The van der Waals surface area contributed by atoms with Crippen LogP contribution in [0.2, 0.25) is 0 Å². The molecule has 0 unspecified atom stereocenters. The van der Waals surface area contributed by atoms with E-state index in [9.17, 15) is 4.79 Å². The minimum Gasteiger partial charge on any atom is -0.301 e. The summed E-state index contributed by atoms with van der Waals surface area (Å²) >= 11 is 1.47. The highest BCUT2D eigenvalue weighted by atomic mass is 32.1. The zero-order chi connectivity index (χ0) is 15.4. The minimum absolute atomic E-state index is 0.0277. The van der Waals surface area contributed by atoms with Gasteiger partial charge < -0.3 is 5.32 Å². The number of anilines is 1. The Bertz CT molecular complexity index is 601. The van der Waals surface area contributed by atoms with Crippen molar-refractivity contribution in [1.29, 1.82) is 0 Å². The third kappa shape index (κ3) is 4.14. The summed E-state index contributed by atoms with van der Waals surface area (Å²) in [6, 6.07) is 1.96. The number of amides is 1. The van der Waals surface area contributed by atoms with Crippen molar-refractivity contribution in [3.8, 4) is 0 Å². The van der Waals surface area contributed by atoms with Crippen LogP contribution in [-0.4, -0.2) is 45.2 Å². The number of piperidine rings is 1. The molecule has 0 aliphatic carbocycles. The molecule has 1 fully saturated rings. The minimum atomic E-state index is 0.0277. The Morgan fingerprint density at radius 3 is 2.91 bits per heavy atom. The SMILES string of the molecule is Cc1csc(NC(=O)CN2CCC(Cn3cccn3)CC2)n1. The number of aromatic nitrogens is 3. The van der Waals surface area contributed by atoms with Gasteiger partial charge in [0, 0.05) is 24.3 Å². The number of aryl methyl sites for hydroxylation is 1. The first-order chi connectivity index (χ1) is 10.7. The highest BCUT2D eigenvalue weighted by Gasteiger charge is 2.21. The first-order valence-corrected chi connectivity index (χ1v) is 8.49. The molecule has 0 radical (unpaired) electrons. The number of hydrogen-bond acceptors (Lipinski definition) is 5. The lowest BCUT2D eigenvalue weighted by atomic mass is 9.97. The van der Waals surface area contributed by atoms with Gasteiger partial charge in [-0.25, -0.2) is 4.98 Å². The number of thiazole rings is 1. The van der Waals surface area contributed by atoms with Crippen LogP contribution in [0.4, 0.5) is 5.13 Å². The van der Waals surface area contributed by atoms with E-state index in [0.717, 1.165) is 38.2 Å². The molecule has 0 spiro atoms. The van der Waals surface area contributed by atoms with E-state index in [1.807, 2.05) is 35.4 Å². The Hall–Kier alpha value is -1.73. The molecule has 118 valence electrons. The molecule has 1 N–H and O–H groups in total. The fourth-order valence-corrected chi connectivity index (χ4v) is 3.48. The number of nitrogens with one attached hydrogen (secondary N) is 1.